The molecule has 0 spiro atoms. The highest BCUT2D eigenvalue weighted by molar-refractivity contribution is 5.78. The molecule has 0 radical (unpaired) electrons. The van der Waals surface area contributed by atoms with E-state index in [0.29, 0.717) is 23.5 Å². The van der Waals surface area contributed by atoms with Gasteiger partial charge in [-0.1, -0.05) is 96.6 Å². The molecule has 1 nitrogen and oxygen atoms in total. The first kappa shape index (κ1) is 32.1. The normalized spacial score (nSPS) is 23.5. The van der Waals surface area contributed by atoms with E-state index in [1.165, 1.54) is 47.1 Å². The Kier molecular flexibility index (Phi) is 17.4. The van der Waals surface area contributed by atoms with Crippen molar-refractivity contribution < 1.29 is 4.79 Å². The van der Waals surface area contributed by atoms with E-state index in [0.717, 1.165) is 32.1 Å². The van der Waals surface area contributed by atoms with Crippen LogP contribution in [0.4, 0.5) is 0 Å². The molecule has 0 bridgehead atoms. The molecule has 192 valence electrons. The van der Waals surface area contributed by atoms with Gasteiger partial charge in [-0.3, -0.25) is 4.79 Å². The van der Waals surface area contributed by atoms with Crippen molar-refractivity contribution in [3.8, 4) is 0 Å². The van der Waals surface area contributed by atoms with Crippen molar-refractivity contribution in [1.29, 1.82) is 0 Å². The van der Waals surface area contributed by atoms with E-state index < -0.39 is 0 Å². The first-order valence-electron chi connectivity index (χ1n) is 14.0. The summed E-state index contributed by atoms with van der Waals surface area (Å²) in [5.41, 5.74) is 6.84. The van der Waals surface area contributed by atoms with E-state index in [9.17, 15) is 4.79 Å². The lowest BCUT2D eigenvalue weighted by Crippen LogP contribution is -2.21. The van der Waals surface area contributed by atoms with Crippen molar-refractivity contribution in [2.24, 2.45) is 17.8 Å². The number of ketones is 1. The molecule has 0 aromatic rings. The van der Waals surface area contributed by atoms with Crippen LogP contribution in [0.2, 0.25) is 0 Å². The fourth-order valence-corrected chi connectivity index (χ4v) is 4.84. The summed E-state index contributed by atoms with van der Waals surface area (Å²) in [5, 5.41) is 0. The first-order chi connectivity index (χ1) is 16.3. The Bertz CT molecular complexity index is 760. The maximum Gasteiger partial charge on any atom is 0.132 e. The number of hydrogen-bond donors (Lipinski definition) is 0. The minimum atomic E-state index is 0.314. The second kappa shape index (κ2) is 18.4. The second-order valence-corrected chi connectivity index (χ2v) is 9.36. The Hall–Kier alpha value is -1.89. The van der Waals surface area contributed by atoms with E-state index in [-0.39, 0.29) is 0 Å². The molecule has 0 aliphatic heterocycles. The van der Waals surface area contributed by atoms with Crippen LogP contribution in [0.3, 0.4) is 0 Å². The van der Waals surface area contributed by atoms with Crippen LogP contribution in [0.1, 0.15) is 114 Å². The zero-order chi connectivity index (χ0) is 26.1. The lowest BCUT2D eigenvalue weighted by molar-refractivity contribution is -0.121. The summed E-state index contributed by atoms with van der Waals surface area (Å²) in [4.78, 5) is 11.6. The highest BCUT2D eigenvalue weighted by Gasteiger charge is 2.26. The summed E-state index contributed by atoms with van der Waals surface area (Å²) in [6, 6.07) is 0. The van der Waals surface area contributed by atoms with Gasteiger partial charge in [-0.2, -0.15) is 0 Å². The van der Waals surface area contributed by atoms with E-state index in [2.05, 4.69) is 70.7 Å². The molecule has 3 aliphatic rings. The summed E-state index contributed by atoms with van der Waals surface area (Å²) in [6.45, 7) is 22.7. The molecule has 0 aromatic carbocycles. The fraction of sp³-hybridized carbons (Fsp3) is 0.606. The van der Waals surface area contributed by atoms with E-state index in [4.69, 9.17) is 0 Å². The number of rotatable bonds is 6. The van der Waals surface area contributed by atoms with Gasteiger partial charge in [0.25, 0.3) is 0 Å². The molecule has 1 atom stereocenters. The smallest absolute Gasteiger partial charge is 0.132 e. The molecule has 0 heterocycles. The van der Waals surface area contributed by atoms with Gasteiger partial charge in [0.05, 0.1) is 0 Å². The van der Waals surface area contributed by atoms with Gasteiger partial charge in [0.15, 0.2) is 0 Å². The van der Waals surface area contributed by atoms with Gasteiger partial charge in [0.2, 0.25) is 0 Å². The van der Waals surface area contributed by atoms with Gasteiger partial charge in [0, 0.05) is 5.92 Å². The molecule has 3 rings (SSSR count). The molecular weight excluding hydrogens is 412 g/mol. The Labute approximate surface area is 212 Å². The average molecular weight is 467 g/mol. The molecular formula is C33H54O. The molecule has 1 fully saturated rings. The van der Waals surface area contributed by atoms with E-state index in [1.807, 2.05) is 27.7 Å². The summed E-state index contributed by atoms with van der Waals surface area (Å²) >= 11 is 0. The van der Waals surface area contributed by atoms with Gasteiger partial charge in [0.1, 0.15) is 5.78 Å². The fourth-order valence-electron chi connectivity index (χ4n) is 4.84. The lowest BCUT2D eigenvalue weighted by atomic mass is 9.75. The number of allylic oxidation sites excluding steroid dienone is 11. The van der Waals surface area contributed by atoms with Crippen LogP contribution in [-0.2, 0) is 4.79 Å². The van der Waals surface area contributed by atoms with Gasteiger partial charge in [-0.25, -0.2) is 0 Å². The number of Topliss-reactive ketones (excluding diaryl/α,β-unsaturated/α-hetero) is 1. The third kappa shape index (κ3) is 11.0. The molecule has 34 heavy (non-hydrogen) atoms. The lowest BCUT2D eigenvalue weighted by Gasteiger charge is -2.29. The first-order valence-corrected chi connectivity index (χ1v) is 14.0. The molecule has 0 N–H and O–H groups in total. The average Bonchev–Trinajstić information content (AvgIpc) is 3.29. The standard InChI is InChI=1S/C26H34O.C3H8.2C2H6/c1-18(16-20(3)26-7-5-6-19(26)2)17-22-8-10-24(11-9-22)25-14-12-23(13-15-25)21(4)27;1-3-2;2*1-2/h6-8,10-11,16,22-23,25H,1,5,9,12-15,17H2,2-4H3;3H2,1-2H3;2*1-2H3/b20-16-;;;. The topological polar surface area (TPSA) is 17.1 Å². The van der Waals surface area contributed by atoms with Crippen molar-refractivity contribution in [3.63, 3.8) is 0 Å². The highest BCUT2D eigenvalue weighted by Crippen LogP contribution is 2.37. The Morgan fingerprint density at radius 2 is 1.59 bits per heavy atom. The molecule has 0 amide bonds. The number of carbonyl (C=O) groups is 1. The summed E-state index contributed by atoms with van der Waals surface area (Å²) in [5.74, 6) is 1.91. The minimum Gasteiger partial charge on any atom is -0.300 e. The zero-order valence-corrected chi connectivity index (χ0v) is 24.0. The molecule has 0 saturated heterocycles. The maximum absolute atomic E-state index is 11.6. The molecule has 1 heteroatoms. The van der Waals surface area contributed by atoms with Crippen LogP contribution in [0.15, 0.2) is 70.9 Å². The Morgan fingerprint density at radius 1 is 1.00 bits per heavy atom. The predicted octanol–water partition coefficient (Wildman–Crippen LogP) is 10.5. The van der Waals surface area contributed by atoms with Crippen LogP contribution in [0.5, 0.6) is 0 Å². The van der Waals surface area contributed by atoms with Gasteiger partial charge in [-0.15, -0.1) is 0 Å². The van der Waals surface area contributed by atoms with Crippen LogP contribution in [0, 0.1) is 17.8 Å². The van der Waals surface area contributed by atoms with Crippen molar-refractivity contribution in [2.75, 3.05) is 0 Å². The monoisotopic (exact) mass is 466 g/mol. The molecule has 1 unspecified atom stereocenters. The predicted molar refractivity (Wildman–Crippen MR) is 154 cm³/mol. The van der Waals surface area contributed by atoms with Crippen LogP contribution >= 0.6 is 0 Å². The number of carbonyl (C=O) groups excluding carboxylic acids is 1. The molecule has 0 aromatic heterocycles. The summed E-state index contributed by atoms with van der Waals surface area (Å²) in [6.07, 6.45) is 23.0. The third-order valence-corrected chi connectivity index (χ3v) is 6.53. The molecule has 3 aliphatic carbocycles. The van der Waals surface area contributed by atoms with E-state index in [1.54, 1.807) is 6.92 Å². The summed E-state index contributed by atoms with van der Waals surface area (Å²) < 4.78 is 0. The number of hydrogen-bond acceptors (Lipinski definition) is 1. The zero-order valence-electron chi connectivity index (χ0n) is 24.0. The largest absolute Gasteiger partial charge is 0.300 e. The van der Waals surface area contributed by atoms with Crippen molar-refractivity contribution in [2.45, 2.75) is 114 Å². The molecule has 1 saturated carbocycles. The van der Waals surface area contributed by atoms with Gasteiger partial charge in [-0.05, 0) is 99.8 Å². The van der Waals surface area contributed by atoms with Gasteiger partial charge >= 0.3 is 0 Å². The van der Waals surface area contributed by atoms with Crippen molar-refractivity contribution in [3.05, 3.63) is 70.9 Å². The van der Waals surface area contributed by atoms with Crippen LogP contribution in [0.25, 0.3) is 0 Å². The Morgan fingerprint density at radius 3 is 2.03 bits per heavy atom. The van der Waals surface area contributed by atoms with Crippen molar-refractivity contribution >= 4 is 5.78 Å². The minimum absolute atomic E-state index is 0.314. The summed E-state index contributed by atoms with van der Waals surface area (Å²) in [7, 11) is 0. The quantitative estimate of drug-likeness (QED) is 0.356. The second-order valence-electron chi connectivity index (χ2n) is 9.36. The maximum atomic E-state index is 11.6. The van der Waals surface area contributed by atoms with Crippen molar-refractivity contribution in [1.82, 2.24) is 0 Å². The Balaban J connectivity index is 0.00000141. The third-order valence-electron chi connectivity index (χ3n) is 6.53. The highest BCUT2D eigenvalue weighted by atomic mass is 16.1. The van der Waals surface area contributed by atoms with Crippen LogP contribution < -0.4 is 0 Å². The van der Waals surface area contributed by atoms with E-state index >= 15 is 0 Å². The van der Waals surface area contributed by atoms with Gasteiger partial charge < -0.3 is 0 Å². The SMILES string of the molecule is C=C(/C=C(/C)C1=CCC=C1C)CC1C=CC(C2CCC(C(C)=O)CC2)=CC1.CC.CC.CCC. The van der Waals surface area contributed by atoms with Crippen LogP contribution in [-0.4, -0.2) is 5.78 Å².